The predicted molar refractivity (Wildman–Crippen MR) is 111 cm³/mol. The van der Waals surface area contributed by atoms with Crippen molar-refractivity contribution in [2.24, 2.45) is 0 Å². The standard InChI is InChI=1S/C20H24ClN3O2S/c1-3-27-17-6-4-15(5-7-17)14(2)23-19-18(21)12-16(13-22-19)20(25)24-8-10-26-11-9-24/h4-7,12-14H,3,8-11H2,1-2H3,(H,22,23). The van der Waals surface area contributed by atoms with Crippen molar-refractivity contribution in [1.82, 2.24) is 9.88 Å². The Labute approximate surface area is 169 Å². The van der Waals surface area contributed by atoms with Gasteiger partial charge in [-0.1, -0.05) is 30.7 Å². The van der Waals surface area contributed by atoms with Crippen molar-refractivity contribution in [3.63, 3.8) is 0 Å². The quantitative estimate of drug-likeness (QED) is 0.717. The van der Waals surface area contributed by atoms with Gasteiger partial charge in [0.1, 0.15) is 5.82 Å². The number of thioether (sulfide) groups is 1. The summed E-state index contributed by atoms with van der Waals surface area (Å²) in [5.74, 6) is 1.58. The maximum atomic E-state index is 12.5. The van der Waals surface area contributed by atoms with E-state index in [0.29, 0.717) is 42.7 Å². The molecule has 27 heavy (non-hydrogen) atoms. The average molecular weight is 406 g/mol. The van der Waals surface area contributed by atoms with E-state index in [0.717, 1.165) is 11.3 Å². The van der Waals surface area contributed by atoms with Crippen LogP contribution in [0.5, 0.6) is 0 Å². The number of nitrogens with one attached hydrogen (secondary N) is 1. The first-order valence-electron chi connectivity index (χ1n) is 9.10. The molecule has 1 saturated heterocycles. The number of nitrogens with zero attached hydrogens (tertiary/aromatic N) is 2. The molecule has 3 rings (SSSR count). The molecule has 2 heterocycles. The zero-order valence-corrected chi connectivity index (χ0v) is 17.1. The molecule has 1 fully saturated rings. The third-order valence-electron chi connectivity index (χ3n) is 4.43. The predicted octanol–water partition coefficient (Wildman–Crippen LogP) is 4.49. The Bertz CT molecular complexity index is 779. The van der Waals surface area contributed by atoms with E-state index in [1.54, 1.807) is 17.2 Å². The maximum absolute atomic E-state index is 12.5. The van der Waals surface area contributed by atoms with Crippen LogP contribution >= 0.6 is 23.4 Å². The first-order chi connectivity index (χ1) is 13.1. The average Bonchev–Trinajstić information content (AvgIpc) is 2.70. The lowest BCUT2D eigenvalue weighted by molar-refractivity contribution is 0.0302. The molecule has 0 spiro atoms. The van der Waals surface area contributed by atoms with E-state index in [1.807, 2.05) is 11.8 Å². The highest BCUT2D eigenvalue weighted by Gasteiger charge is 2.20. The van der Waals surface area contributed by atoms with Crippen molar-refractivity contribution >= 4 is 35.1 Å². The molecule has 1 amide bonds. The fraction of sp³-hybridized carbons (Fsp3) is 0.400. The first kappa shape index (κ1) is 20.0. The van der Waals surface area contributed by atoms with Crippen LogP contribution in [0.2, 0.25) is 5.02 Å². The van der Waals surface area contributed by atoms with E-state index >= 15 is 0 Å². The van der Waals surface area contributed by atoms with Crippen molar-refractivity contribution in [2.45, 2.75) is 24.8 Å². The lowest BCUT2D eigenvalue weighted by atomic mass is 10.1. The van der Waals surface area contributed by atoms with Crippen molar-refractivity contribution in [3.05, 3.63) is 52.7 Å². The Morgan fingerprint density at radius 2 is 2.04 bits per heavy atom. The summed E-state index contributed by atoms with van der Waals surface area (Å²) in [4.78, 5) is 19.9. The summed E-state index contributed by atoms with van der Waals surface area (Å²) in [7, 11) is 0. The molecular weight excluding hydrogens is 382 g/mol. The van der Waals surface area contributed by atoms with E-state index < -0.39 is 0 Å². The number of amides is 1. The number of ether oxygens (including phenoxy) is 1. The summed E-state index contributed by atoms with van der Waals surface area (Å²) in [5, 5.41) is 3.77. The summed E-state index contributed by atoms with van der Waals surface area (Å²) in [6.45, 7) is 6.54. The van der Waals surface area contributed by atoms with Crippen LogP contribution in [0.4, 0.5) is 5.82 Å². The highest BCUT2D eigenvalue weighted by molar-refractivity contribution is 7.99. The van der Waals surface area contributed by atoms with E-state index in [-0.39, 0.29) is 11.9 Å². The van der Waals surface area contributed by atoms with Crippen LogP contribution in [0.25, 0.3) is 0 Å². The number of aromatic nitrogens is 1. The molecule has 144 valence electrons. The zero-order valence-electron chi connectivity index (χ0n) is 15.6. The molecule has 5 nitrogen and oxygen atoms in total. The number of rotatable bonds is 6. The van der Waals surface area contributed by atoms with Gasteiger partial charge in [-0.25, -0.2) is 4.98 Å². The van der Waals surface area contributed by atoms with Crippen molar-refractivity contribution < 1.29 is 9.53 Å². The van der Waals surface area contributed by atoms with Gasteiger partial charge in [-0.05, 0) is 36.4 Å². The molecular formula is C20H24ClN3O2S. The third kappa shape index (κ3) is 5.15. The minimum atomic E-state index is -0.0590. The Hall–Kier alpha value is -1.76. The number of carbonyl (C=O) groups is 1. The number of benzene rings is 1. The molecule has 1 aromatic heterocycles. The fourth-order valence-corrected chi connectivity index (χ4v) is 3.80. The minimum Gasteiger partial charge on any atom is -0.378 e. The summed E-state index contributed by atoms with van der Waals surface area (Å²) in [6, 6.07) is 10.2. The van der Waals surface area contributed by atoms with Crippen molar-refractivity contribution in [1.29, 1.82) is 0 Å². The summed E-state index contributed by atoms with van der Waals surface area (Å²) in [6.07, 6.45) is 1.58. The first-order valence-corrected chi connectivity index (χ1v) is 10.5. The molecule has 1 aromatic carbocycles. The highest BCUT2D eigenvalue weighted by atomic mass is 35.5. The molecule has 1 aliphatic heterocycles. The number of hydrogen-bond donors (Lipinski definition) is 1. The fourth-order valence-electron chi connectivity index (χ4n) is 2.92. The second-order valence-corrected chi connectivity index (χ2v) is 8.07. The van der Waals surface area contributed by atoms with Gasteiger partial charge in [0, 0.05) is 30.2 Å². The summed E-state index contributed by atoms with van der Waals surface area (Å²) < 4.78 is 5.29. The van der Waals surface area contributed by atoms with Crippen LogP contribution in [0.3, 0.4) is 0 Å². The topological polar surface area (TPSA) is 54.5 Å². The van der Waals surface area contributed by atoms with Crippen LogP contribution in [0.1, 0.15) is 35.8 Å². The van der Waals surface area contributed by atoms with Gasteiger partial charge >= 0.3 is 0 Å². The zero-order chi connectivity index (χ0) is 19.2. The number of carbonyl (C=O) groups excluding carboxylic acids is 1. The second-order valence-electron chi connectivity index (χ2n) is 6.33. The summed E-state index contributed by atoms with van der Waals surface area (Å²) >= 11 is 8.21. The van der Waals surface area contributed by atoms with E-state index in [1.165, 1.54) is 4.90 Å². The molecule has 0 saturated carbocycles. The number of halogens is 1. The van der Waals surface area contributed by atoms with Gasteiger partial charge in [-0.3, -0.25) is 4.79 Å². The monoisotopic (exact) mass is 405 g/mol. The van der Waals surface area contributed by atoms with Gasteiger partial charge in [-0.2, -0.15) is 0 Å². The van der Waals surface area contributed by atoms with Gasteiger partial charge in [0.2, 0.25) is 0 Å². The van der Waals surface area contributed by atoms with Gasteiger partial charge in [0.05, 0.1) is 23.8 Å². The molecule has 2 aromatic rings. The second kappa shape index (κ2) is 9.44. The minimum absolute atomic E-state index is 0.0523. The Morgan fingerprint density at radius 1 is 1.33 bits per heavy atom. The molecule has 1 N–H and O–H groups in total. The van der Waals surface area contributed by atoms with Crippen LogP contribution in [0, 0.1) is 0 Å². The molecule has 1 atom stereocenters. The lowest BCUT2D eigenvalue weighted by Gasteiger charge is -2.27. The van der Waals surface area contributed by atoms with Gasteiger partial charge < -0.3 is 15.0 Å². The maximum Gasteiger partial charge on any atom is 0.255 e. The molecule has 0 bridgehead atoms. The lowest BCUT2D eigenvalue weighted by Crippen LogP contribution is -2.40. The third-order valence-corrected chi connectivity index (χ3v) is 5.61. The van der Waals surface area contributed by atoms with Crippen LogP contribution in [0.15, 0.2) is 41.4 Å². The van der Waals surface area contributed by atoms with E-state index in [4.69, 9.17) is 16.3 Å². The molecule has 0 radical (unpaired) electrons. The number of pyridine rings is 1. The number of hydrogen-bond acceptors (Lipinski definition) is 5. The van der Waals surface area contributed by atoms with Gasteiger partial charge in [0.25, 0.3) is 5.91 Å². The Kier molecular flexibility index (Phi) is 6.99. The molecule has 1 unspecified atom stereocenters. The van der Waals surface area contributed by atoms with E-state index in [9.17, 15) is 4.79 Å². The summed E-state index contributed by atoms with van der Waals surface area (Å²) in [5.41, 5.74) is 1.66. The highest BCUT2D eigenvalue weighted by Crippen LogP contribution is 2.27. The number of anilines is 1. The van der Waals surface area contributed by atoms with Crippen LogP contribution < -0.4 is 5.32 Å². The van der Waals surface area contributed by atoms with Crippen LogP contribution in [-0.4, -0.2) is 47.8 Å². The molecule has 1 aliphatic rings. The SMILES string of the molecule is CCSc1ccc(C(C)Nc2ncc(C(=O)N3CCOCC3)cc2Cl)cc1. The largest absolute Gasteiger partial charge is 0.378 e. The van der Waals surface area contributed by atoms with Crippen molar-refractivity contribution in [2.75, 3.05) is 37.4 Å². The van der Waals surface area contributed by atoms with Crippen LogP contribution in [-0.2, 0) is 4.74 Å². The molecule has 0 aliphatic carbocycles. The van der Waals surface area contributed by atoms with E-state index in [2.05, 4.69) is 48.4 Å². The smallest absolute Gasteiger partial charge is 0.255 e. The normalized spacial score (nSPS) is 15.4. The Balaban J connectivity index is 1.67. The Morgan fingerprint density at radius 3 is 2.67 bits per heavy atom. The van der Waals surface area contributed by atoms with Crippen molar-refractivity contribution in [3.8, 4) is 0 Å². The molecule has 7 heteroatoms. The van der Waals surface area contributed by atoms with Gasteiger partial charge in [0.15, 0.2) is 0 Å². The number of morpholine rings is 1. The van der Waals surface area contributed by atoms with Gasteiger partial charge in [-0.15, -0.1) is 11.8 Å².